The van der Waals surface area contributed by atoms with Crippen molar-refractivity contribution in [2.45, 2.75) is 38.9 Å². The second-order valence-corrected chi connectivity index (χ2v) is 5.19. The van der Waals surface area contributed by atoms with Gasteiger partial charge >= 0.3 is 0 Å². The van der Waals surface area contributed by atoms with Crippen molar-refractivity contribution in [1.29, 1.82) is 0 Å². The average molecular weight is 255 g/mol. The molecule has 1 aromatic rings. The van der Waals surface area contributed by atoms with Crippen LogP contribution >= 0.6 is 0 Å². The second-order valence-electron chi connectivity index (χ2n) is 5.19. The Balaban J connectivity index is 3.26. The minimum atomic E-state index is -1.10. The summed E-state index contributed by atoms with van der Waals surface area (Å²) in [5, 5.41) is 0. The minimum Gasteiger partial charge on any atom is -0.496 e. The van der Waals surface area contributed by atoms with Crippen molar-refractivity contribution in [2.24, 2.45) is 5.73 Å². The molecule has 0 aliphatic rings. The third kappa shape index (κ3) is 3.60. The van der Waals surface area contributed by atoms with Crippen LogP contribution in [-0.4, -0.2) is 19.8 Å². The molecule has 3 nitrogen and oxygen atoms in total. The first-order chi connectivity index (χ1) is 8.28. The molecule has 1 rings (SSSR count). The van der Waals surface area contributed by atoms with Gasteiger partial charge in [0.15, 0.2) is 0 Å². The molecular formula is C14H22FNO2. The zero-order chi connectivity index (χ0) is 13.9. The Labute approximate surface area is 108 Å². The molecule has 0 saturated carbocycles. The monoisotopic (exact) mass is 255 g/mol. The van der Waals surface area contributed by atoms with E-state index in [0.29, 0.717) is 23.5 Å². The largest absolute Gasteiger partial charge is 0.496 e. The summed E-state index contributed by atoms with van der Waals surface area (Å²) in [6.45, 7) is 5.35. The fourth-order valence-electron chi connectivity index (χ4n) is 1.92. The highest BCUT2D eigenvalue weighted by atomic mass is 19.1. The zero-order valence-corrected chi connectivity index (χ0v) is 11.7. The predicted molar refractivity (Wildman–Crippen MR) is 71.0 cm³/mol. The van der Waals surface area contributed by atoms with Gasteiger partial charge in [-0.2, -0.15) is 0 Å². The number of halogens is 1. The predicted octanol–water partition coefficient (Wildman–Crippen LogP) is 3.01. The minimum absolute atomic E-state index is 0.360. The maximum atomic E-state index is 13.5. The lowest BCUT2D eigenvalue weighted by Crippen LogP contribution is -2.34. The molecule has 1 aromatic carbocycles. The van der Waals surface area contributed by atoms with Gasteiger partial charge in [-0.25, -0.2) is 4.39 Å². The molecule has 0 amide bonds. The molecule has 0 aliphatic heterocycles. The summed E-state index contributed by atoms with van der Waals surface area (Å²) in [5.41, 5.74) is 7.07. The third-order valence-electron chi connectivity index (χ3n) is 2.71. The first kappa shape index (κ1) is 14.8. The molecule has 0 aliphatic carbocycles. The highest BCUT2D eigenvalue weighted by Crippen LogP contribution is 2.35. The number of benzene rings is 1. The van der Waals surface area contributed by atoms with E-state index in [4.69, 9.17) is 15.2 Å². The summed E-state index contributed by atoms with van der Waals surface area (Å²) >= 11 is 0. The van der Waals surface area contributed by atoms with E-state index in [-0.39, 0.29) is 5.54 Å². The molecule has 0 bridgehead atoms. The first-order valence-electron chi connectivity index (χ1n) is 5.96. The lowest BCUT2D eigenvalue weighted by Gasteiger charge is -2.22. The molecule has 18 heavy (non-hydrogen) atoms. The maximum Gasteiger partial charge on any atom is 0.126 e. The van der Waals surface area contributed by atoms with Crippen LogP contribution in [0.3, 0.4) is 0 Å². The van der Waals surface area contributed by atoms with Crippen molar-refractivity contribution < 1.29 is 13.9 Å². The van der Waals surface area contributed by atoms with E-state index in [1.807, 2.05) is 13.8 Å². The van der Waals surface area contributed by atoms with Gasteiger partial charge < -0.3 is 15.2 Å². The molecule has 0 radical (unpaired) electrons. The Bertz CT molecular complexity index is 411. The van der Waals surface area contributed by atoms with Gasteiger partial charge in [0.05, 0.1) is 14.2 Å². The van der Waals surface area contributed by atoms with Crippen LogP contribution < -0.4 is 15.2 Å². The Morgan fingerprint density at radius 3 is 2.17 bits per heavy atom. The van der Waals surface area contributed by atoms with Crippen LogP contribution in [0.15, 0.2) is 12.1 Å². The van der Waals surface area contributed by atoms with Gasteiger partial charge in [0.25, 0.3) is 0 Å². The maximum absolute atomic E-state index is 13.5. The summed E-state index contributed by atoms with van der Waals surface area (Å²) in [7, 11) is 3.10. The molecule has 102 valence electrons. The van der Waals surface area contributed by atoms with Crippen LogP contribution in [0.1, 0.15) is 38.1 Å². The van der Waals surface area contributed by atoms with Crippen LogP contribution in [-0.2, 0) is 6.42 Å². The summed E-state index contributed by atoms with van der Waals surface area (Å²) < 4.78 is 24.0. The van der Waals surface area contributed by atoms with E-state index in [0.717, 1.165) is 5.56 Å². The van der Waals surface area contributed by atoms with Crippen LogP contribution in [0.2, 0.25) is 0 Å². The van der Waals surface area contributed by atoms with Gasteiger partial charge in [0.2, 0.25) is 0 Å². The molecule has 1 atom stereocenters. The number of hydrogen-bond acceptors (Lipinski definition) is 3. The molecule has 0 aromatic heterocycles. The van der Waals surface area contributed by atoms with Crippen LogP contribution in [0.25, 0.3) is 0 Å². The highest BCUT2D eigenvalue weighted by molar-refractivity contribution is 5.48. The van der Waals surface area contributed by atoms with E-state index in [1.54, 1.807) is 19.2 Å². The molecule has 0 spiro atoms. The highest BCUT2D eigenvalue weighted by Gasteiger charge is 2.19. The van der Waals surface area contributed by atoms with Gasteiger partial charge in [0.1, 0.15) is 17.7 Å². The second kappa shape index (κ2) is 5.57. The number of methoxy groups -OCH3 is 2. The number of alkyl halides is 1. The normalized spacial score (nSPS) is 13.3. The quantitative estimate of drug-likeness (QED) is 0.879. The molecule has 1 unspecified atom stereocenters. The Kier molecular flexibility index (Phi) is 4.57. The molecule has 4 heteroatoms. The Morgan fingerprint density at radius 2 is 1.78 bits per heavy atom. The number of hydrogen-bond donors (Lipinski definition) is 1. The average Bonchev–Trinajstić information content (AvgIpc) is 2.25. The van der Waals surface area contributed by atoms with Crippen LogP contribution in [0.4, 0.5) is 4.39 Å². The van der Waals surface area contributed by atoms with Gasteiger partial charge in [-0.15, -0.1) is 0 Å². The van der Waals surface area contributed by atoms with E-state index in [1.165, 1.54) is 14.0 Å². The van der Waals surface area contributed by atoms with Crippen LogP contribution in [0.5, 0.6) is 11.5 Å². The molecule has 0 heterocycles. The fraction of sp³-hybridized carbons (Fsp3) is 0.571. The Morgan fingerprint density at radius 1 is 1.22 bits per heavy atom. The van der Waals surface area contributed by atoms with E-state index in [9.17, 15) is 4.39 Å². The van der Waals surface area contributed by atoms with Gasteiger partial charge in [-0.1, -0.05) is 0 Å². The third-order valence-corrected chi connectivity index (χ3v) is 2.71. The van der Waals surface area contributed by atoms with E-state index >= 15 is 0 Å². The van der Waals surface area contributed by atoms with E-state index in [2.05, 4.69) is 0 Å². The van der Waals surface area contributed by atoms with Crippen molar-refractivity contribution in [3.63, 3.8) is 0 Å². The van der Waals surface area contributed by atoms with Crippen molar-refractivity contribution in [1.82, 2.24) is 0 Å². The summed E-state index contributed by atoms with van der Waals surface area (Å²) in [4.78, 5) is 0. The van der Waals surface area contributed by atoms with Crippen molar-refractivity contribution in [3.05, 3.63) is 23.3 Å². The summed E-state index contributed by atoms with van der Waals surface area (Å²) in [6, 6.07) is 3.49. The van der Waals surface area contributed by atoms with Gasteiger partial charge in [-0.05, 0) is 44.9 Å². The molecular weight excluding hydrogens is 233 g/mol. The topological polar surface area (TPSA) is 44.5 Å². The van der Waals surface area contributed by atoms with Gasteiger partial charge in [-0.3, -0.25) is 0 Å². The number of ether oxygens (including phenoxy) is 2. The number of rotatable bonds is 5. The number of nitrogens with two attached hydrogens (primary N) is 1. The molecule has 0 fully saturated rings. The SMILES string of the molecule is COc1cc(C(C)F)c(OC)cc1CC(C)(C)N. The molecule has 2 N–H and O–H groups in total. The Hall–Kier alpha value is -1.29. The lowest BCUT2D eigenvalue weighted by atomic mass is 9.94. The van der Waals surface area contributed by atoms with Crippen molar-refractivity contribution >= 4 is 0 Å². The first-order valence-corrected chi connectivity index (χ1v) is 5.96. The molecule has 0 saturated heterocycles. The summed E-state index contributed by atoms with van der Waals surface area (Å²) in [6.07, 6.45) is -0.471. The van der Waals surface area contributed by atoms with Crippen LogP contribution in [0, 0.1) is 0 Å². The van der Waals surface area contributed by atoms with E-state index < -0.39 is 6.17 Å². The standard InChI is InChI=1S/C14H22FNO2/c1-9(15)11-7-12(17-4)10(6-13(11)18-5)8-14(2,3)16/h6-7,9H,8,16H2,1-5H3. The summed E-state index contributed by atoms with van der Waals surface area (Å²) in [5.74, 6) is 1.18. The fourth-order valence-corrected chi connectivity index (χ4v) is 1.92. The van der Waals surface area contributed by atoms with Crippen molar-refractivity contribution in [2.75, 3.05) is 14.2 Å². The smallest absolute Gasteiger partial charge is 0.126 e. The zero-order valence-electron chi connectivity index (χ0n) is 11.7. The lowest BCUT2D eigenvalue weighted by molar-refractivity contribution is 0.340. The van der Waals surface area contributed by atoms with Crippen molar-refractivity contribution in [3.8, 4) is 11.5 Å². The van der Waals surface area contributed by atoms with Gasteiger partial charge in [0, 0.05) is 11.1 Å².